The van der Waals surface area contributed by atoms with E-state index in [0.717, 1.165) is 17.7 Å². The first-order valence-electron chi connectivity index (χ1n) is 6.35. The maximum Gasteiger partial charge on any atom is 0.227 e. The van der Waals surface area contributed by atoms with Crippen LogP contribution in [0.3, 0.4) is 0 Å². The quantitative estimate of drug-likeness (QED) is 0.809. The third-order valence-corrected chi connectivity index (χ3v) is 3.05. The summed E-state index contributed by atoms with van der Waals surface area (Å²) in [6.45, 7) is 7.72. The predicted octanol–water partition coefficient (Wildman–Crippen LogP) is 1.67. The number of nitrogens with one attached hydrogen (secondary N) is 1. The molecule has 0 fully saturated rings. The average Bonchev–Trinajstić information content (AvgIpc) is 2.65. The van der Waals surface area contributed by atoms with Gasteiger partial charge in [0.25, 0.3) is 0 Å². The lowest BCUT2D eigenvalue weighted by Gasteiger charge is -2.14. The number of aryl methyl sites for hydroxylation is 2. The van der Waals surface area contributed by atoms with E-state index in [2.05, 4.69) is 10.5 Å². The number of carbonyl (C=O) groups excluding carboxylic acids is 1. The Morgan fingerprint density at radius 3 is 2.67 bits per heavy atom. The SMILES string of the molecule is CCCC(O)CNC(=O)C(C)c1c(C)noc1C. The monoisotopic (exact) mass is 254 g/mol. The first kappa shape index (κ1) is 14.7. The summed E-state index contributed by atoms with van der Waals surface area (Å²) >= 11 is 0. The zero-order valence-electron chi connectivity index (χ0n) is 11.5. The second-order valence-electron chi connectivity index (χ2n) is 4.65. The summed E-state index contributed by atoms with van der Waals surface area (Å²) in [5.74, 6) is 0.244. The Balaban J connectivity index is 2.57. The van der Waals surface area contributed by atoms with Crippen LogP contribution in [0.15, 0.2) is 4.52 Å². The summed E-state index contributed by atoms with van der Waals surface area (Å²) < 4.78 is 5.05. The van der Waals surface area contributed by atoms with Gasteiger partial charge in [0.05, 0.1) is 17.7 Å². The van der Waals surface area contributed by atoms with Crippen LogP contribution < -0.4 is 5.32 Å². The Morgan fingerprint density at radius 2 is 2.17 bits per heavy atom. The van der Waals surface area contributed by atoms with E-state index in [4.69, 9.17) is 4.52 Å². The number of amides is 1. The van der Waals surface area contributed by atoms with Crippen LogP contribution in [0.25, 0.3) is 0 Å². The molecule has 1 rings (SSSR count). The van der Waals surface area contributed by atoms with Crippen molar-refractivity contribution >= 4 is 5.91 Å². The second-order valence-corrected chi connectivity index (χ2v) is 4.65. The molecule has 2 N–H and O–H groups in total. The largest absolute Gasteiger partial charge is 0.391 e. The van der Waals surface area contributed by atoms with Gasteiger partial charge in [-0.25, -0.2) is 0 Å². The molecule has 0 aromatic carbocycles. The van der Waals surface area contributed by atoms with Gasteiger partial charge in [-0.3, -0.25) is 4.79 Å². The molecule has 0 aliphatic carbocycles. The van der Waals surface area contributed by atoms with Crippen molar-refractivity contribution in [3.63, 3.8) is 0 Å². The van der Waals surface area contributed by atoms with Crippen LogP contribution in [0.4, 0.5) is 0 Å². The van der Waals surface area contributed by atoms with E-state index in [1.165, 1.54) is 0 Å². The Hall–Kier alpha value is -1.36. The minimum atomic E-state index is -0.476. The highest BCUT2D eigenvalue weighted by Crippen LogP contribution is 2.22. The molecule has 0 bridgehead atoms. The molecule has 18 heavy (non-hydrogen) atoms. The molecule has 1 aromatic rings. The maximum absolute atomic E-state index is 12.0. The standard InChI is InChI=1S/C13H22N2O3/c1-5-6-11(16)7-14-13(17)8(2)12-9(3)15-18-10(12)4/h8,11,16H,5-7H2,1-4H3,(H,14,17). The van der Waals surface area contributed by atoms with E-state index >= 15 is 0 Å². The van der Waals surface area contributed by atoms with Gasteiger partial charge in [-0.15, -0.1) is 0 Å². The van der Waals surface area contributed by atoms with Crippen molar-refractivity contribution in [1.82, 2.24) is 10.5 Å². The lowest BCUT2D eigenvalue weighted by molar-refractivity contribution is -0.122. The topological polar surface area (TPSA) is 75.4 Å². The Kier molecular flexibility index (Phi) is 5.34. The maximum atomic E-state index is 12.0. The summed E-state index contributed by atoms with van der Waals surface area (Å²) in [5.41, 5.74) is 1.57. The first-order valence-corrected chi connectivity index (χ1v) is 6.35. The summed E-state index contributed by atoms with van der Waals surface area (Å²) in [6.07, 6.45) is 1.12. The number of hydrogen-bond donors (Lipinski definition) is 2. The number of aliphatic hydroxyl groups is 1. The van der Waals surface area contributed by atoms with E-state index in [-0.39, 0.29) is 11.8 Å². The van der Waals surface area contributed by atoms with E-state index in [9.17, 15) is 9.90 Å². The van der Waals surface area contributed by atoms with Crippen molar-refractivity contribution in [2.24, 2.45) is 0 Å². The summed E-state index contributed by atoms with van der Waals surface area (Å²) in [5, 5.41) is 16.2. The van der Waals surface area contributed by atoms with Crippen molar-refractivity contribution < 1.29 is 14.4 Å². The molecule has 0 aliphatic heterocycles. The predicted molar refractivity (Wildman–Crippen MR) is 68.3 cm³/mol. The number of aliphatic hydroxyl groups excluding tert-OH is 1. The molecule has 2 unspecified atom stereocenters. The van der Waals surface area contributed by atoms with Gasteiger partial charge in [0.1, 0.15) is 5.76 Å². The van der Waals surface area contributed by atoms with E-state index in [1.54, 1.807) is 6.92 Å². The molecule has 0 saturated carbocycles. The third-order valence-electron chi connectivity index (χ3n) is 3.05. The fourth-order valence-electron chi connectivity index (χ4n) is 2.05. The van der Waals surface area contributed by atoms with Crippen LogP contribution in [0.5, 0.6) is 0 Å². The molecule has 0 radical (unpaired) electrons. The van der Waals surface area contributed by atoms with Crippen molar-refractivity contribution in [1.29, 1.82) is 0 Å². The fraction of sp³-hybridized carbons (Fsp3) is 0.692. The molecule has 0 saturated heterocycles. The summed E-state index contributed by atoms with van der Waals surface area (Å²) in [6, 6.07) is 0. The molecule has 2 atom stereocenters. The minimum Gasteiger partial charge on any atom is -0.391 e. The lowest BCUT2D eigenvalue weighted by atomic mass is 9.98. The molecule has 102 valence electrons. The van der Waals surface area contributed by atoms with Gasteiger partial charge in [0.2, 0.25) is 5.91 Å². The molecular weight excluding hydrogens is 232 g/mol. The van der Waals surface area contributed by atoms with Gasteiger partial charge in [0, 0.05) is 12.1 Å². The van der Waals surface area contributed by atoms with E-state index < -0.39 is 6.10 Å². The Labute approximate surface area is 108 Å². The molecule has 1 amide bonds. The van der Waals surface area contributed by atoms with Crippen LogP contribution in [0.2, 0.25) is 0 Å². The molecule has 1 heterocycles. The van der Waals surface area contributed by atoms with Gasteiger partial charge in [0.15, 0.2) is 0 Å². The van der Waals surface area contributed by atoms with Gasteiger partial charge in [-0.05, 0) is 27.2 Å². The highest BCUT2D eigenvalue weighted by molar-refractivity contribution is 5.83. The molecule has 1 aromatic heterocycles. The summed E-state index contributed by atoms with van der Waals surface area (Å²) in [7, 11) is 0. The average molecular weight is 254 g/mol. The first-order chi connectivity index (χ1) is 8.47. The fourth-order valence-corrected chi connectivity index (χ4v) is 2.05. The van der Waals surface area contributed by atoms with Crippen LogP contribution >= 0.6 is 0 Å². The number of aromatic nitrogens is 1. The number of nitrogens with zero attached hydrogens (tertiary/aromatic N) is 1. The molecule has 0 spiro atoms. The number of carbonyl (C=O) groups is 1. The molecule has 0 aliphatic rings. The number of rotatable bonds is 6. The lowest BCUT2D eigenvalue weighted by Crippen LogP contribution is -2.34. The number of hydrogen-bond acceptors (Lipinski definition) is 4. The minimum absolute atomic E-state index is 0.112. The van der Waals surface area contributed by atoms with Crippen molar-refractivity contribution in [3.8, 4) is 0 Å². The highest BCUT2D eigenvalue weighted by Gasteiger charge is 2.22. The van der Waals surface area contributed by atoms with Crippen LogP contribution in [-0.2, 0) is 4.79 Å². The third kappa shape index (κ3) is 3.57. The highest BCUT2D eigenvalue weighted by atomic mass is 16.5. The van der Waals surface area contributed by atoms with Gasteiger partial charge in [-0.1, -0.05) is 18.5 Å². The molecule has 5 nitrogen and oxygen atoms in total. The van der Waals surface area contributed by atoms with Crippen LogP contribution in [0.1, 0.15) is 49.6 Å². The summed E-state index contributed by atoms with van der Waals surface area (Å²) in [4.78, 5) is 12.0. The van der Waals surface area contributed by atoms with E-state index in [1.807, 2.05) is 20.8 Å². The van der Waals surface area contributed by atoms with E-state index in [0.29, 0.717) is 18.7 Å². The van der Waals surface area contributed by atoms with Crippen molar-refractivity contribution in [2.45, 2.75) is 52.6 Å². The van der Waals surface area contributed by atoms with Crippen LogP contribution in [-0.4, -0.2) is 28.8 Å². The zero-order chi connectivity index (χ0) is 13.7. The zero-order valence-corrected chi connectivity index (χ0v) is 11.5. The van der Waals surface area contributed by atoms with Crippen LogP contribution in [0, 0.1) is 13.8 Å². The van der Waals surface area contributed by atoms with Crippen molar-refractivity contribution in [2.75, 3.05) is 6.54 Å². The van der Waals surface area contributed by atoms with Gasteiger partial charge >= 0.3 is 0 Å². The van der Waals surface area contributed by atoms with Gasteiger partial charge < -0.3 is 14.9 Å². The second kappa shape index (κ2) is 6.54. The normalized spacial score (nSPS) is 14.3. The Morgan fingerprint density at radius 1 is 1.50 bits per heavy atom. The smallest absolute Gasteiger partial charge is 0.227 e. The molecular formula is C13H22N2O3. The van der Waals surface area contributed by atoms with Crippen molar-refractivity contribution in [3.05, 3.63) is 17.0 Å². The van der Waals surface area contributed by atoms with Gasteiger partial charge in [-0.2, -0.15) is 0 Å². The molecule has 5 heteroatoms. The Bertz CT molecular complexity index is 381.